The molecule has 1 N–H and O–H groups in total. The smallest absolute Gasteiger partial charge is 0.234 e. The molecule has 0 fully saturated rings. The molecule has 1 aliphatic rings. The van der Waals surface area contributed by atoms with Crippen molar-refractivity contribution in [1.82, 2.24) is 0 Å². The van der Waals surface area contributed by atoms with Crippen molar-refractivity contribution in [2.75, 3.05) is 30.5 Å². The van der Waals surface area contributed by atoms with Crippen molar-refractivity contribution in [2.24, 2.45) is 4.99 Å². The molecule has 1 heterocycles. The Morgan fingerprint density at radius 3 is 2.89 bits per heavy atom. The van der Waals surface area contributed by atoms with Crippen LogP contribution >= 0.6 is 23.5 Å². The third-order valence-electron chi connectivity index (χ3n) is 2.26. The lowest BCUT2D eigenvalue weighted by atomic mass is 10.3. The van der Waals surface area contributed by atoms with E-state index in [-0.39, 0.29) is 5.91 Å². The zero-order valence-electron chi connectivity index (χ0n) is 10.0. The van der Waals surface area contributed by atoms with Crippen LogP contribution in [0.15, 0.2) is 29.3 Å². The Balaban J connectivity index is 1.79. The molecule has 1 amide bonds. The van der Waals surface area contributed by atoms with Gasteiger partial charge in [-0.15, -0.1) is 0 Å². The van der Waals surface area contributed by atoms with E-state index in [9.17, 15) is 4.79 Å². The SMILES string of the molecule is COc1ccc(NC(=O)CSC2=NCCS2)cc1. The summed E-state index contributed by atoms with van der Waals surface area (Å²) in [6, 6.07) is 7.28. The normalized spacial score (nSPS) is 14.2. The van der Waals surface area contributed by atoms with E-state index in [4.69, 9.17) is 4.74 Å². The first kappa shape index (κ1) is 13.3. The molecule has 18 heavy (non-hydrogen) atoms. The molecule has 0 aromatic heterocycles. The number of rotatable bonds is 4. The van der Waals surface area contributed by atoms with E-state index in [0.29, 0.717) is 5.75 Å². The Bertz CT molecular complexity index is 446. The van der Waals surface area contributed by atoms with Crippen molar-refractivity contribution >= 4 is 39.5 Å². The van der Waals surface area contributed by atoms with Gasteiger partial charge in [0.05, 0.1) is 19.4 Å². The second kappa shape index (κ2) is 6.70. The van der Waals surface area contributed by atoms with Crippen molar-refractivity contribution in [3.05, 3.63) is 24.3 Å². The lowest BCUT2D eigenvalue weighted by Gasteiger charge is -2.05. The minimum atomic E-state index is -0.0135. The Hall–Kier alpha value is -1.14. The van der Waals surface area contributed by atoms with Crippen LogP contribution in [0.4, 0.5) is 5.69 Å². The Morgan fingerprint density at radius 2 is 2.28 bits per heavy atom. The first-order chi connectivity index (χ1) is 8.78. The first-order valence-corrected chi connectivity index (χ1v) is 7.49. The zero-order valence-corrected chi connectivity index (χ0v) is 11.6. The third-order valence-corrected chi connectivity index (χ3v) is 4.51. The lowest BCUT2D eigenvalue weighted by Crippen LogP contribution is -2.14. The third kappa shape index (κ3) is 3.96. The molecule has 0 saturated heterocycles. The van der Waals surface area contributed by atoms with Crippen LogP contribution in [0.5, 0.6) is 5.75 Å². The Kier molecular flexibility index (Phi) is 4.95. The zero-order chi connectivity index (χ0) is 12.8. The summed E-state index contributed by atoms with van der Waals surface area (Å²) in [5.74, 6) is 2.19. The lowest BCUT2D eigenvalue weighted by molar-refractivity contribution is -0.113. The number of thioether (sulfide) groups is 2. The fourth-order valence-electron chi connectivity index (χ4n) is 1.40. The molecule has 0 atom stereocenters. The van der Waals surface area contributed by atoms with Crippen LogP contribution in [0, 0.1) is 0 Å². The summed E-state index contributed by atoms with van der Waals surface area (Å²) in [6.07, 6.45) is 0. The van der Waals surface area contributed by atoms with Gasteiger partial charge in [0.2, 0.25) is 5.91 Å². The van der Waals surface area contributed by atoms with E-state index in [1.165, 1.54) is 11.8 Å². The summed E-state index contributed by atoms with van der Waals surface area (Å²) in [5, 5.41) is 2.84. The number of anilines is 1. The average Bonchev–Trinajstić information content (AvgIpc) is 2.90. The van der Waals surface area contributed by atoms with Gasteiger partial charge in [-0.1, -0.05) is 23.5 Å². The molecular formula is C12H14N2O2S2. The molecule has 1 aliphatic heterocycles. The van der Waals surface area contributed by atoms with Crippen LogP contribution in [0.25, 0.3) is 0 Å². The molecule has 0 saturated carbocycles. The van der Waals surface area contributed by atoms with E-state index < -0.39 is 0 Å². The Labute approximate surface area is 115 Å². The standard InChI is InChI=1S/C12H14N2O2S2/c1-16-10-4-2-9(3-5-10)14-11(15)8-18-12-13-6-7-17-12/h2-5H,6-8H2,1H3,(H,14,15). The minimum Gasteiger partial charge on any atom is -0.497 e. The van der Waals surface area contributed by atoms with Crippen LogP contribution in [0.2, 0.25) is 0 Å². The van der Waals surface area contributed by atoms with Gasteiger partial charge in [0.1, 0.15) is 10.1 Å². The highest BCUT2D eigenvalue weighted by atomic mass is 32.2. The largest absolute Gasteiger partial charge is 0.497 e. The predicted octanol–water partition coefficient (Wildman–Crippen LogP) is 2.47. The minimum absolute atomic E-state index is 0.0135. The van der Waals surface area contributed by atoms with Gasteiger partial charge in [-0.05, 0) is 24.3 Å². The predicted molar refractivity (Wildman–Crippen MR) is 78.8 cm³/mol. The maximum atomic E-state index is 11.7. The van der Waals surface area contributed by atoms with Gasteiger partial charge < -0.3 is 10.1 Å². The van der Waals surface area contributed by atoms with E-state index in [2.05, 4.69) is 10.3 Å². The van der Waals surface area contributed by atoms with Crippen molar-refractivity contribution in [1.29, 1.82) is 0 Å². The van der Waals surface area contributed by atoms with Gasteiger partial charge in [-0.2, -0.15) is 0 Å². The van der Waals surface area contributed by atoms with Crippen molar-refractivity contribution in [2.45, 2.75) is 0 Å². The summed E-state index contributed by atoms with van der Waals surface area (Å²) < 4.78 is 6.07. The van der Waals surface area contributed by atoms with E-state index >= 15 is 0 Å². The molecule has 4 nitrogen and oxygen atoms in total. The summed E-state index contributed by atoms with van der Waals surface area (Å²) in [6.45, 7) is 0.868. The van der Waals surface area contributed by atoms with Crippen LogP contribution in [-0.4, -0.2) is 35.4 Å². The van der Waals surface area contributed by atoms with Crippen molar-refractivity contribution in [3.63, 3.8) is 0 Å². The fourth-order valence-corrected chi connectivity index (χ4v) is 3.21. The molecule has 0 radical (unpaired) electrons. The first-order valence-electron chi connectivity index (χ1n) is 5.52. The van der Waals surface area contributed by atoms with Crippen molar-refractivity contribution in [3.8, 4) is 5.75 Å². The molecule has 96 valence electrons. The van der Waals surface area contributed by atoms with Gasteiger partial charge in [0, 0.05) is 11.4 Å². The molecule has 2 rings (SSSR count). The number of amides is 1. The summed E-state index contributed by atoms with van der Waals surface area (Å²) in [4.78, 5) is 16.0. The monoisotopic (exact) mass is 282 g/mol. The molecule has 1 aromatic carbocycles. The maximum absolute atomic E-state index is 11.7. The number of nitrogens with one attached hydrogen (secondary N) is 1. The molecule has 1 aromatic rings. The Morgan fingerprint density at radius 1 is 1.50 bits per heavy atom. The second-order valence-corrected chi connectivity index (χ2v) is 5.87. The molecule has 0 aliphatic carbocycles. The molecule has 0 unspecified atom stereocenters. The molecule has 6 heteroatoms. The summed E-state index contributed by atoms with van der Waals surface area (Å²) in [7, 11) is 1.62. The summed E-state index contributed by atoms with van der Waals surface area (Å²) in [5.41, 5.74) is 0.780. The van der Waals surface area contributed by atoms with E-state index in [0.717, 1.165) is 28.1 Å². The van der Waals surface area contributed by atoms with Gasteiger partial charge in [0.25, 0.3) is 0 Å². The maximum Gasteiger partial charge on any atom is 0.234 e. The number of ether oxygens (including phenoxy) is 1. The molecule has 0 spiro atoms. The second-order valence-electron chi connectivity index (χ2n) is 3.56. The number of hydrogen-bond acceptors (Lipinski definition) is 5. The van der Waals surface area contributed by atoms with Crippen molar-refractivity contribution < 1.29 is 9.53 Å². The molecule has 0 bridgehead atoms. The number of nitrogens with zero attached hydrogens (tertiary/aromatic N) is 1. The highest BCUT2D eigenvalue weighted by Crippen LogP contribution is 2.22. The number of methoxy groups -OCH3 is 1. The fraction of sp³-hybridized carbons (Fsp3) is 0.333. The highest BCUT2D eigenvalue weighted by molar-refractivity contribution is 8.39. The van der Waals surface area contributed by atoms with Gasteiger partial charge in [0.15, 0.2) is 0 Å². The van der Waals surface area contributed by atoms with Gasteiger partial charge in [-0.25, -0.2) is 0 Å². The van der Waals surface area contributed by atoms with E-state index in [1.54, 1.807) is 18.9 Å². The van der Waals surface area contributed by atoms with Crippen LogP contribution in [-0.2, 0) is 4.79 Å². The van der Waals surface area contributed by atoms with Crippen LogP contribution < -0.4 is 10.1 Å². The van der Waals surface area contributed by atoms with Gasteiger partial charge in [-0.3, -0.25) is 9.79 Å². The highest BCUT2D eigenvalue weighted by Gasteiger charge is 2.10. The van der Waals surface area contributed by atoms with Crippen LogP contribution in [0.3, 0.4) is 0 Å². The van der Waals surface area contributed by atoms with Gasteiger partial charge >= 0.3 is 0 Å². The molecular weight excluding hydrogens is 268 g/mol. The number of carbonyl (C=O) groups excluding carboxylic acids is 1. The quantitative estimate of drug-likeness (QED) is 0.921. The average molecular weight is 282 g/mol. The van der Waals surface area contributed by atoms with E-state index in [1.807, 2.05) is 24.3 Å². The van der Waals surface area contributed by atoms with Crippen LogP contribution in [0.1, 0.15) is 0 Å². The number of aliphatic imine (C=N–C) groups is 1. The summed E-state index contributed by atoms with van der Waals surface area (Å²) >= 11 is 3.21. The topological polar surface area (TPSA) is 50.7 Å². The number of benzene rings is 1. The number of carbonyl (C=O) groups is 1. The number of hydrogen-bond donors (Lipinski definition) is 1.